The molecule has 0 aliphatic heterocycles. The zero-order valence-corrected chi connectivity index (χ0v) is 13.0. The van der Waals surface area contributed by atoms with E-state index in [4.69, 9.17) is 0 Å². The maximum absolute atomic E-state index is 11.8. The van der Waals surface area contributed by atoms with Gasteiger partial charge in [0.05, 0.1) is 23.0 Å². The maximum atomic E-state index is 11.8. The molecule has 0 atom stereocenters. The van der Waals surface area contributed by atoms with E-state index in [9.17, 15) is 9.59 Å². The predicted molar refractivity (Wildman–Crippen MR) is 89.6 cm³/mol. The minimum atomic E-state index is -0.207. The number of ketones is 1. The lowest BCUT2D eigenvalue weighted by molar-refractivity contribution is -0.114. The fraction of sp³-hybridized carbons (Fsp3) is 0.167. The van der Waals surface area contributed by atoms with Gasteiger partial charge in [0.2, 0.25) is 5.91 Å². The van der Waals surface area contributed by atoms with E-state index in [1.165, 1.54) is 13.8 Å². The number of anilines is 1. The van der Waals surface area contributed by atoms with Crippen LogP contribution in [0, 0.1) is 0 Å². The molecule has 2 aromatic carbocycles. The van der Waals surface area contributed by atoms with Crippen LogP contribution in [0.15, 0.2) is 48.8 Å². The molecule has 1 amide bonds. The van der Waals surface area contributed by atoms with Crippen molar-refractivity contribution in [3.05, 3.63) is 59.9 Å². The molecule has 1 heterocycles. The van der Waals surface area contributed by atoms with E-state index in [1.54, 1.807) is 12.4 Å². The molecule has 116 valence electrons. The van der Waals surface area contributed by atoms with Crippen LogP contribution in [-0.4, -0.2) is 21.2 Å². The highest BCUT2D eigenvalue weighted by molar-refractivity contribution is 6.06. The summed E-state index contributed by atoms with van der Waals surface area (Å²) >= 11 is 0. The van der Waals surface area contributed by atoms with Gasteiger partial charge >= 0.3 is 0 Å². The van der Waals surface area contributed by atoms with Gasteiger partial charge in [-0.3, -0.25) is 9.59 Å². The van der Waals surface area contributed by atoms with Gasteiger partial charge < -0.3 is 9.88 Å². The van der Waals surface area contributed by atoms with Gasteiger partial charge in [-0.2, -0.15) is 0 Å². The van der Waals surface area contributed by atoms with Gasteiger partial charge in [-0.1, -0.05) is 30.3 Å². The lowest BCUT2D eigenvalue weighted by Crippen LogP contribution is -2.10. The average molecular weight is 307 g/mol. The number of carbonyl (C=O) groups is 2. The second-order valence-corrected chi connectivity index (χ2v) is 5.48. The highest BCUT2D eigenvalue weighted by atomic mass is 16.1. The van der Waals surface area contributed by atoms with E-state index in [2.05, 4.69) is 10.3 Å². The molecule has 0 saturated heterocycles. The Bertz CT molecular complexity index is 882. The molecule has 0 radical (unpaired) electrons. The van der Waals surface area contributed by atoms with Crippen molar-refractivity contribution in [3.8, 4) is 0 Å². The monoisotopic (exact) mass is 307 g/mol. The number of carbonyl (C=O) groups excluding carboxylic acids is 2. The number of rotatable bonds is 4. The number of amides is 1. The number of nitrogens with one attached hydrogen (secondary N) is 1. The van der Waals surface area contributed by atoms with E-state index in [1.807, 2.05) is 41.0 Å². The second kappa shape index (κ2) is 6.04. The maximum Gasteiger partial charge on any atom is 0.221 e. The first-order valence-electron chi connectivity index (χ1n) is 7.36. The molecule has 1 N–H and O–H groups in total. The molecule has 5 nitrogen and oxygen atoms in total. The molecule has 0 aliphatic carbocycles. The first-order valence-corrected chi connectivity index (χ1v) is 7.36. The van der Waals surface area contributed by atoms with Crippen molar-refractivity contribution in [2.75, 3.05) is 5.32 Å². The molecular weight excluding hydrogens is 290 g/mol. The quantitative estimate of drug-likeness (QED) is 0.753. The summed E-state index contributed by atoms with van der Waals surface area (Å²) < 4.78 is 2.00. The van der Waals surface area contributed by atoms with Crippen molar-refractivity contribution in [3.63, 3.8) is 0 Å². The summed E-state index contributed by atoms with van der Waals surface area (Å²) in [5.41, 5.74) is 3.76. The second-order valence-electron chi connectivity index (χ2n) is 5.48. The third-order valence-electron chi connectivity index (χ3n) is 3.65. The highest BCUT2D eigenvalue weighted by Crippen LogP contribution is 2.25. The van der Waals surface area contributed by atoms with E-state index >= 15 is 0 Å². The van der Waals surface area contributed by atoms with Gasteiger partial charge in [-0.05, 0) is 24.6 Å². The minimum Gasteiger partial charge on any atom is -0.326 e. The Kier molecular flexibility index (Phi) is 3.93. The number of nitrogens with zero attached hydrogens (tertiary/aromatic N) is 2. The van der Waals surface area contributed by atoms with Crippen molar-refractivity contribution in [2.45, 2.75) is 20.4 Å². The lowest BCUT2D eigenvalue weighted by atomic mass is 10.1. The van der Waals surface area contributed by atoms with E-state index in [-0.39, 0.29) is 11.7 Å². The normalized spacial score (nSPS) is 10.7. The zero-order valence-electron chi connectivity index (χ0n) is 13.0. The zero-order chi connectivity index (χ0) is 16.4. The number of imidazole rings is 1. The van der Waals surface area contributed by atoms with Crippen LogP contribution in [0.4, 0.5) is 5.69 Å². The van der Waals surface area contributed by atoms with Crippen molar-refractivity contribution < 1.29 is 9.59 Å². The van der Waals surface area contributed by atoms with Crippen LogP contribution < -0.4 is 5.32 Å². The van der Waals surface area contributed by atoms with Crippen LogP contribution in [0.25, 0.3) is 11.0 Å². The van der Waals surface area contributed by atoms with Crippen LogP contribution in [-0.2, 0) is 11.3 Å². The molecule has 0 saturated carbocycles. The number of fused-ring (bicyclic) bond motifs is 1. The standard InChI is InChI=1S/C18H17N3O2/c1-12(22)15-8-17-18(9-16(15)20-13(2)23)21(11-19-17)10-14-6-4-3-5-7-14/h3-9,11H,10H2,1-2H3,(H,20,23). The largest absolute Gasteiger partial charge is 0.326 e. The van der Waals surface area contributed by atoms with Crippen LogP contribution in [0.5, 0.6) is 0 Å². The Hall–Kier alpha value is -2.95. The highest BCUT2D eigenvalue weighted by Gasteiger charge is 2.13. The van der Waals surface area contributed by atoms with E-state index < -0.39 is 0 Å². The number of Topliss-reactive ketones (excluding diaryl/α,β-unsaturated/α-hetero) is 1. The van der Waals surface area contributed by atoms with Crippen LogP contribution in [0.1, 0.15) is 29.8 Å². The number of benzene rings is 2. The SMILES string of the molecule is CC(=O)Nc1cc2c(cc1C(C)=O)ncn2Cc1ccccc1. The van der Waals surface area contributed by atoms with Crippen molar-refractivity contribution in [2.24, 2.45) is 0 Å². The summed E-state index contributed by atoms with van der Waals surface area (Å²) in [6, 6.07) is 13.6. The molecule has 0 aliphatic rings. The summed E-state index contributed by atoms with van der Waals surface area (Å²) in [5.74, 6) is -0.311. The van der Waals surface area contributed by atoms with Gasteiger partial charge in [0.15, 0.2) is 5.78 Å². The van der Waals surface area contributed by atoms with Crippen LogP contribution >= 0.6 is 0 Å². The Morgan fingerprint density at radius 2 is 1.87 bits per heavy atom. The first-order chi connectivity index (χ1) is 11.0. The fourth-order valence-corrected chi connectivity index (χ4v) is 2.59. The van der Waals surface area contributed by atoms with Crippen molar-refractivity contribution >= 4 is 28.4 Å². The fourth-order valence-electron chi connectivity index (χ4n) is 2.59. The van der Waals surface area contributed by atoms with E-state index in [0.29, 0.717) is 17.8 Å². The summed E-state index contributed by atoms with van der Waals surface area (Å²) in [5, 5.41) is 2.73. The van der Waals surface area contributed by atoms with Crippen molar-refractivity contribution in [1.29, 1.82) is 0 Å². The first kappa shape index (κ1) is 15.0. The molecule has 5 heteroatoms. The Morgan fingerprint density at radius 1 is 1.13 bits per heavy atom. The number of hydrogen-bond donors (Lipinski definition) is 1. The van der Waals surface area contributed by atoms with E-state index in [0.717, 1.165) is 16.6 Å². The molecule has 3 rings (SSSR count). The lowest BCUT2D eigenvalue weighted by Gasteiger charge is -2.10. The average Bonchev–Trinajstić information content (AvgIpc) is 2.89. The molecule has 0 fully saturated rings. The Morgan fingerprint density at radius 3 is 2.52 bits per heavy atom. The third-order valence-corrected chi connectivity index (χ3v) is 3.65. The smallest absolute Gasteiger partial charge is 0.221 e. The summed E-state index contributed by atoms with van der Waals surface area (Å²) in [7, 11) is 0. The third kappa shape index (κ3) is 3.13. The van der Waals surface area contributed by atoms with Gasteiger partial charge in [0.25, 0.3) is 0 Å². The predicted octanol–water partition coefficient (Wildman–Crippen LogP) is 3.25. The molecule has 1 aromatic heterocycles. The number of aromatic nitrogens is 2. The molecule has 0 spiro atoms. The molecular formula is C18H17N3O2. The number of hydrogen-bond acceptors (Lipinski definition) is 3. The van der Waals surface area contributed by atoms with Gasteiger partial charge in [-0.25, -0.2) is 4.98 Å². The molecule has 3 aromatic rings. The summed E-state index contributed by atoms with van der Waals surface area (Å²) in [4.78, 5) is 27.6. The summed E-state index contributed by atoms with van der Waals surface area (Å²) in [6.45, 7) is 3.58. The van der Waals surface area contributed by atoms with Crippen LogP contribution in [0.3, 0.4) is 0 Å². The molecule has 23 heavy (non-hydrogen) atoms. The Labute approximate surface area is 134 Å². The Balaban J connectivity index is 2.08. The topological polar surface area (TPSA) is 64.0 Å². The molecule has 0 unspecified atom stereocenters. The molecule has 0 bridgehead atoms. The van der Waals surface area contributed by atoms with Gasteiger partial charge in [0, 0.05) is 19.0 Å². The summed E-state index contributed by atoms with van der Waals surface area (Å²) in [6.07, 6.45) is 1.75. The van der Waals surface area contributed by atoms with Gasteiger partial charge in [-0.15, -0.1) is 0 Å². The minimum absolute atomic E-state index is 0.103. The van der Waals surface area contributed by atoms with Crippen LogP contribution in [0.2, 0.25) is 0 Å². The van der Waals surface area contributed by atoms with Gasteiger partial charge in [0.1, 0.15) is 0 Å². The van der Waals surface area contributed by atoms with Crippen molar-refractivity contribution in [1.82, 2.24) is 9.55 Å².